The Kier molecular flexibility index (Phi) is 8.90. The van der Waals surface area contributed by atoms with Crippen LogP contribution in [0.2, 0.25) is 0 Å². The Balaban J connectivity index is 0.00000408. The number of rotatable bonds is 8. The SMILES string of the molecule is O=C(O)c1ccccc1C(O)(c1ccc(OP(=O)(O)O)cc1)c1ccc(OP(=O)(O)O)cc1.[Na]. The molecule has 0 aliphatic rings. The number of phosphoric acid groups is 2. The summed E-state index contributed by atoms with van der Waals surface area (Å²) in [5, 5.41) is 21.5. The van der Waals surface area contributed by atoms with E-state index >= 15 is 0 Å². The standard InChI is InChI=1S/C20H18O11P2.Na/c21-19(22)17-3-1-2-4-18(17)20(23,13-5-9-15(10-6-13)30-32(24,25)26)14-7-11-16(12-8-14)31-33(27,28)29;/h1-12,23H,(H,21,22)(H2,24,25,26)(H2,27,28,29);. The van der Waals surface area contributed by atoms with Gasteiger partial charge >= 0.3 is 21.6 Å². The van der Waals surface area contributed by atoms with E-state index in [1.165, 1.54) is 72.8 Å². The maximum Gasteiger partial charge on any atom is 0.524 e. The fourth-order valence-corrected chi connectivity index (χ4v) is 4.04. The minimum absolute atomic E-state index is 0. The van der Waals surface area contributed by atoms with Crippen molar-refractivity contribution in [2.75, 3.05) is 0 Å². The topological polar surface area (TPSA) is 191 Å². The minimum atomic E-state index is -4.82. The van der Waals surface area contributed by atoms with Crippen LogP contribution < -0.4 is 9.05 Å². The first-order valence-electron chi connectivity index (χ1n) is 9.06. The number of aliphatic hydroxyl groups is 1. The maximum atomic E-state index is 11.8. The number of carbonyl (C=O) groups is 1. The van der Waals surface area contributed by atoms with Gasteiger partial charge in [0.15, 0.2) is 0 Å². The van der Waals surface area contributed by atoms with Crippen LogP contribution in [0.5, 0.6) is 11.5 Å². The van der Waals surface area contributed by atoms with E-state index in [9.17, 15) is 24.1 Å². The average molecular weight is 519 g/mol. The number of hydrogen-bond donors (Lipinski definition) is 6. The van der Waals surface area contributed by atoms with E-state index in [1.54, 1.807) is 0 Å². The second-order valence-corrected chi connectivity index (χ2v) is 9.10. The summed E-state index contributed by atoms with van der Waals surface area (Å²) in [5.41, 5.74) is -2.08. The molecule has 0 saturated heterocycles. The Morgan fingerprint density at radius 2 is 1.09 bits per heavy atom. The molecule has 175 valence electrons. The minimum Gasteiger partial charge on any atom is -0.478 e. The quantitative estimate of drug-likeness (QED) is 0.145. The van der Waals surface area contributed by atoms with Crippen molar-refractivity contribution in [1.29, 1.82) is 0 Å². The molecule has 0 amide bonds. The zero-order chi connectivity index (χ0) is 24.4. The molecule has 3 aromatic carbocycles. The molecule has 0 fully saturated rings. The first-order valence-corrected chi connectivity index (χ1v) is 12.1. The van der Waals surface area contributed by atoms with Gasteiger partial charge in [0, 0.05) is 35.1 Å². The first-order chi connectivity index (χ1) is 15.3. The van der Waals surface area contributed by atoms with Gasteiger partial charge in [0.1, 0.15) is 17.1 Å². The van der Waals surface area contributed by atoms with Crippen molar-refractivity contribution >= 4 is 51.2 Å². The largest absolute Gasteiger partial charge is 0.524 e. The molecule has 3 aromatic rings. The smallest absolute Gasteiger partial charge is 0.478 e. The van der Waals surface area contributed by atoms with Crippen LogP contribution in [0.4, 0.5) is 0 Å². The zero-order valence-corrected chi connectivity index (χ0v) is 21.3. The van der Waals surface area contributed by atoms with Crippen LogP contribution in [-0.4, -0.2) is 65.3 Å². The van der Waals surface area contributed by atoms with Crippen LogP contribution >= 0.6 is 15.6 Å². The van der Waals surface area contributed by atoms with Crippen molar-refractivity contribution in [2.24, 2.45) is 0 Å². The van der Waals surface area contributed by atoms with E-state index in [0.717, 1.165) is 0 Å². The molecule has 1 radical (unpaired) electrons. The fraction of sp³-hybridized carbons (Fsp3) is 0.0500. The number of benzene rings is 3. The molecule has 0 atom stereocenters. The third-order valence-electron chi connectivity index (χ3n) is 4.54. The van der Waals surface area contributed by atoms with Crippen molar-refractivity contribution in [1.82, 2.24) is 0 Å². The summed E-state index contributed by atoms with van der Waals surface area (Å²) in [4.78, 5) is 47.7. The summed E-state index contributed by atoms with van der Waals surface area (Å²) in [7, 11) is -9.64. The molecule has 0 unspecified atom stereocenters. The Bertz CT molecular complexity index is 1180. The van der Waals surface area contributed by atoms with E-state index in [1.807, 2.05) is 0 Å². The van der Waals surface area contributed by atoms with Gasteiger partial charge in [-0.25, -0.2) is 13.9 Å². The molecule has 3 rings (SSSR count). The van der Waals surface area contributed by atoms with Crippen LogP contribution in [0.1, 0.15) is 27.0 Å². The van der Waals surface area contributed by atoms with Crippen molar-refractivity contribution in [3.8, 4) is 11.5 Å². The van der Waals surface area contributed by atoms with Gasteiger partial charge in [-0.3, -0.25) is 19.6 Å². The van der Waals surface area contributed by atoms with Gasteiger partial charge in [-0.15, -0.1) is 0 Å². The van der Waals surface area contributed by atoms with E-state index < -0.39 is 27.2 Å². The Hall–Kier alpha value is -2.01. The third-order valence-corrected chi connectivity index (χ3v) is 5.44. The van der Waals surface area contributed by atoms with Crippen LogP contribution in [0.25, 0.3) is 0 Å². The number of carboxylic acids is 1. The molecular weight excluding hydrogens is 501 g/mol. The summed E-state index contributed by atoms with van der Waals surface area (Å²) < 4.78 is 31.1. The summed E-state index contributed by atoms with van der Waals surface area (Å²) in [6.07, 6.45) is 0. The third kappa shape index (κ3) is 6.78. The summed E-state index contributed by atoms with van der Waals surface area (Å²) in [5.74, 6) is -1.69. The first kappa shape index (κ1) is 28.2. The van der Waals surface area contributed by atoms with Gasteiger partial charge in [0.05, 0.1) is 5.56 Å². The number of phosphoric ester groups is 2. The fourth-order valence-electron chi connectivity index (χ4n) is 3.25. The molecule has 0 bridgehead atoms. The summed E-state index contributed by atoms with van der Waals surface area (Å²) in [6, 6.07) is 15.6. The molecule has 0 saturated carbocycles. The van der Waals surface area contributed by atoms with Crippen molar-refractivity contribution in [3.05, 3.63) is 95.1 Å². The normalized spacial score (nSPS) is 11.9. The Morgan fingerprint density at radius 3 is 1.44 bits per heavy atom. The molecule has 6 N–H and O–H groups in total. The predicted octanol–water partition coefficient (Wildman–Crippen LogP) is 2.23. The van der Waals surface area contributed by atoms with Crippen LogP contribution in [0, 0.1) is 0 Å². The van der Waals surface area contributed by atoms with Crippen LogP contribution in [0.15, 0.2) is 72.8 Å². The van der Waals surface area contributed by atoms with E-state index in [0.29, 0.717) is 0 Å². The molecule has 0 aliphatic heterocycles. The van der Waals surface area contributed by atoms with Crippen molar-refractivity contribution < 1.29 is 52.8 Å². The Morgan fingerprint density at radius 1 is 0.706 bits per heavy atom. The van der Waals surface area contributed by atoms with Crippen molar-refractivity contribution in [2.45, 2.75) is 5.60 Å². The van der Waals surface area contributed by atoms with E-state index in [-0.39, 0.29) is 63.3 Å². The van der Waals surface area contributed by atoms with Gasteiger partial charge in [-0.05, 0) is 41.5 Å². The Labute approximate surface area is 215 Å². The molecule has 0 heterocycles. The van der Waals surface area contributed by atoms with Crippen molar-refractivity contribution in [3.63, 3.8) is 0 Å². The molecular formula is C20H18NaO11P2. The van der Waals surface area contributed by atoms with Gasteiger partial charge in [-0.2, -0.15) is 0 Å². The average Bonchev–Trinajstić information content (AvgIpc) is 2.72. The zero-order valence-electron chi connectivity index (χ0n) is 17.5. The molecule has 0 aliphatic carbocycles. The van der Waals surface area contributed by atoms with Crippen LogP contribution in [0.3, 0.4) is 0 Å². The second-order valence-electron chi connectivity index (χ2n) is 6.77. The van der Waals surface area contributed by atoms with Gasteiger partial charge < -0.3 is 19.3 Å². The number of hydrogen-bond acceptors (Lipinski definition) is 6. The van der Waals surface area contributed by atoms with Gasteiger partial charge in [0.25, 0.3) is 0 Å². The molecule has 11 nitrogen and oxygen atoms in total. The number of carboxylic acid groups (broad SMARTS) is 1. The monoisotopic (exact) mass is 519 g/mol. The van der Waals surface area contributed by atoms with Crippen LogP contribution in [-0.2, 0) is 14.7 Å². The molecule has 34 heavy (non-hydrogen) atoms. The number of aromatic carboxylic acids is 1. The molecule has 0 aromatic heterocycles. The molecule has 0 spiro atoms. The predicted molar refractivity (Wildman–Crippen MR) is 119 cm³/mol. The second kappa shape index (κ2) is 10.7. The maximum absolute atomic E-state index is 11.8. The summed E-state index contributed by atoms with van der Waals surface area (Å²) in [6.45, 7) is 0. The molecule has 14 heteroatoms. The summed E-state index contributed by atoms with van der Waals surface area (Å²) >= 11 is 0. The van der Waals surface area contributed by atoms with Gasteiger partial charge in [0.2, 0.25) is 0 Å². The van der Waals surface area contributed by atoms with E-state index in [2.05, 4.69) is 9.05 Å². The van der Waals surface area contributed by atoms with Gasteiger partial charge in [-0.1, -0.05) is 42.5 Å². The van der Waals surface area contributed by atoms with E-state index in [4.69, 9.17) is 19.6 Å².